The van der Waals surface area contributed by atoms with Gasteiger partial charge < -0.3 is 19.1 Å². The van der Waals surface area contributed by atoms with E-state index in [4.69, 9.17) is 14.0 Å². The standard InChI is InChI=1S/C26H24N2O5/c1-15-7-5-6-8-19(15)20-10-9-17(12-18(20)14-31-3)25-27-24(28-33-25)22-11-16(2)21(26(29)30)13-23(22)32-4/h5-13H,14H2,1-4H3,(H,29,30). The topological polar surface area (TPSA) is 94.7 Å². The van der Waals surface area contributed by atoms with Crippen LogP contribution in [0.15, 0.2) is 59.1 Å². The Bertz CT molecular complexity index is 1330. The van der Waals surface area contributed by atoms with Gasteiger partial charge in [0.2, 0.25) is 5.82 Å². The molecule has 1 N–H and O–H groups in total. The summed E-state index contributed by atoms with van der Waals surface area (Å²) in [5.74, 6) is 0.00440. The smallest absolute Gasteiger partial charge is 0.336 e. The first-order valence-electron chi connectivity index (χ1n) is 10.4. The number of carbonyl (C=O) groups is 1. The van der Waals surface area contributed by atoms with Crippen LogP contribution in [0.1, 0.15) is 27.0 Å². The van der Waals surface area contributed by atoms with Gasteiger partial charge in [0.15, 0.2) is 0 Å². The van der Waals surface area contributed by atoms with Crippen LogP contribution in [0.2, 0.25) is 0 Å². The molecule has 0 saturated heterocycles. The quantitative estimate of drug-likeness (QED) is 0.400. The Morgan fingerprint density at radius 3 is 2.45 bits per heavy atom. The van der Waals surface area contributed by atoms with Gasteiger partial charge in [0.1, 0.15) is 5.75 Å². The normalized spacial score (nSPS) is 10.9. The number of benzene rings is 3. The number of carboxylic acid groups (broad SMARTS) is 1. The molecule has 4 aromatic rings. The fourth-order valence-electron chi connectivity index (χ4n) is 3.85. The van der Waals surface area contributed by atoms with E-state index in [1.807, 2.05) is 30.3 Å². The molecule has 0 aliphatic carbocycles. The Hall–Kier alpha value is -3.97. The molecule has 0 aliphatic heterocycles. The minimum Gasteiger partial charge on any atom is -0.496 e. The summed E-state index contributed by atoms with van der Waals surface area (Å²) in [5.41, 5.74) is 6.46. The van der Waals surface area contributed by atoms with Crippen molar-refractivity contribution in [3.05, 3.63) is 76.9 Å². The van der Waals surface area contributed by atoms with Gasteiger partial charge in [-0.15, -0.1) is 0 Å². The minimum absolute atomic E-state index is 0.162. The van der Waals surface area contributed by atoms with Crippen LogP contribution in [0.25, 0.3) is 34.0 Å². The highest BCUT2D eigenvalue weighted by Crippen LogP contribution is 2.34. The van der Waals surface area contributed by atoms with Crippen LogP contribution in [-0.2, 0) is 11.3 Å². The van der Waals surface area contributed by atoms with E-state index < -0.39 is 5.97 Å². The predicted octanol–water partition coefficient (Wildman–Crippen LogP) is 5.54. The number of rotatable bonds is 7. The van der Waals surface area contributed by atoms with Crippen LogP contribution in [0.3, 0.4) is 0 Å². The number of hydrogen-bond acceptors (Lipinski definition) is 6. The van der Waals surface area contributed by atoms with Crippen molar-refractivity contribution in [2.75, 3.05) is 14.2 Å². The molecule has 4 rings (SSSR count). The van der Waals surface area contributed by atoms with Crippen LogP contribution in [0, 0.1) is 13.8 Å². The summed E-state index contributed by atoms with van der Waals surface area (Å²) in [6, 6.07) is 17.3. The lowest BCUT2D eigenvalue weighted by atomic mass is 9.94. The Morgan fingerprint density at radius 2 is 1.76 bits per heavy atom. The lowest BCUT2D eigenvalue weighted by Gasteiger charge is -2.12. The van der Waals surface area contributed by atoms with Crippen molar-refractivity contribution in [1.29, 1.82) is 0 Å². The maximum Gasteiger partial charge on any atom is 0.336 e. The molecule has 168 valence electrons. The van der Waals surface area contributed by atoms with Crippen LogP contribution >= 0.6 is 0 Å². The monoisotopic (exact) mass is 444 g/mol. The van der Waals surface area contributed by atoms with E-state index >= 15 is 0 Å². The molecule has 7 heteroatoms. The molecular weight excluding hydrogens is 420 g/mol. The zero-order valence-corrected chi connectivity index (χ0v) is 18.9. The largest absolute Gasteiger partial charge is 0.496 e. The lowest BCUT2D eigenvalue weighted by molar-refractivity contribution is 0.0695. The van der Waals surface area contributed by atoms with Crippen molar-refractivity contribution in [2.45, 2.75) is 20.5 Å². The van der Waals surface area contributed by atoms with Gasteiger partial charge in [-0.1, -0.05) is 35.5 Å². The van der Waals surface area contributed by atoms with E-state index in [-0.39, 0.29) is 5.56 Å². The third-order valence-corrected chi connectivity index (χ3v) is 5.53. The molecule has 0 aliphatic rings. The number of aryl methyl sites for hydroxylation is 2. The Balaban J connectivity index is 1.75. The van der Waals surface area contributed by atoms with Crippen molar-refractivity contribution >= 4 is 5.97 Å². The number of methoxy groups -OCH3 is 2. The minimum atomic E-state index is -1.02. The first kappa shape index (κ1) is 22.2. The van der Waals surface area contributed by atoms with E-state index in [0.717, 1.165) is 22.3 Å². The first-order valence-corrected chi connectivity index (χ1v) is 10.4. The number of hydrogen-bond donors (Lipinski definition) is 1. The van der Waals surface area contributed by atoms with Gasteiger partial charge in [0.05, 0.1) is 24.8 Å². The van der Waals surface area contributed by atoms with E-state index in [0.29, 0.717) is 35.2 Å². The maximum absolute atomic E-state index is 11.4. The van der Waals surface area contributed by atoms with Crippen molar-refractivity contribution in [2.24, 2.45) is 0 Å². The summed E-state index contributed by atoms with van der Waals surface area (Å²) >= 11 is 0. The van der Waals surface area contributed by atoms with Crippen molar-refractivity contribution in [3.63, 3.8) is 0 Å². The molecule has 1 aromatic heterocycles. The van der Waals surface area contributed by atoms with Crippen LogP contribution in [-0.4, -0.2) is 35.4 Å². The molecule has 1 heterocycles. The number of carboxylic acids is 1. The van der Waals surface area contributed by atoms with E-state index in [1.165, 1.54) is 18.7 Å². The molecule has 7 nitrogen and oxygen atoms in total. The average Bonchev–Trinajstić information content (AvgIpc) is 3.29. The van der Waals surface area contributed by atoms with Gasteiger partial charge in [0.25, 0.3) is 5.89 Å². The molecular formula is C26H24N2O5. The molecule has 3 aromatic carbocycles. The molecule has 0 amide bonds. The van der Waals surface area contributed by atoms with E-state index in [1.54, 1.807) is 20.1 Å². The Labute approximate surface area is 191 Å². The molecule has 0 saturated carbocycles. The zero-order valence-electron chi connectivity index (χ0n) is 18.9. The van der Waals surface area contributed by atoms with Crippen LogP contribution in [0.5, 0.6) is 5.75 Å². The van der Waals surface area contributed by atoms with E-state index in [9.17, 15) is 9.90 Å². The second kappa shape index (κ2) is 9.26. The summed E-state index contributed by atoms with van der Waals surface area (Å²) in [5, 5.41) is 13.5. The predicted molar refractivity (Wildman–Crippen MR) is 124 cm³/mol. The lowest BCUT2D eigenvalue weighted by Crippen LogP contribution is -2.02. The van der Waals surface area contributed by atoms with Gasteiger partial charge in [-0.05, 0) is 65.9 Å². The second-order valence-corrected chi connectivity index (χ2v) is 7.72. The summed E-state index contributed by atoms with van der Waals surface area (Å²) in [4.78, 5) is 16.0. The fourth-order valence-corrected chi connectivity index (χ4v) is 3.85. The number of nitrogens with zero attached hydrogens (tertiary/aromatic N) is 2. The highest BCUT2D eigenvalue weighted by atomic mass is 16.5. The Kier molecular flexibility index (Phi) is 6.24. The highest BCUT2D eigenvalue weighted by molar-refractivity contribution is 5.91. The molecule has 0 unspecified atom stereocenters. The van der Waals surface area contributed by atoms with Crippen molar-refractivity contribution in [1.82, 2.24) is 10.1 Å². The summed E-state index contributed by atoms with van der Waals surface area (Å²) in [6.07, 6.45) is 0. The van der Waals surface area contributed by atoms with Gasteiger partial charge in [0, 0.05) is 12.7 Å². The second-order valence-electron chi connectivity index (χ2n) is 7.72. The van der Waals surface area contributed by atoms with Gasteiger partial charge in [-0.2, -0.15) is 4.98 Å². The molecule has 0 bridgehead atoms. The Morgan fingerprint density at radius 1 is 0.970 bits per heavy atom. The first-order chi connectivity index (χ1) is 15.9. The van der Waals surface area contributed by atoms with Crippen molar-refractivity contribution < 1.29 is 23.9 Å². The summed E-state index contributed by atoms with van der Waals surface area (Å²) < 4.78 is 16.4. The molecule has 0 atom stereocenters. The van der Waals surface area contributed by atoms with Gasteiger partial charge >= 0.3 is 5.97 Å². The SMILES string of the molecule is COCc1cc(-c2nc(-c3cc(C)c(C(=O)O)cc3OC)no2)ccc1-c1ccccc1C. The van der Waals surface area contributed by atoms with Crippen LogP contribution < -0.4 is 4.74 Å². The number of aromatic carboxylic acids is 1. The van der Waals surface area contributed by atoms with Gasteiger partial charge in [-0.25, -0.2) is 4.79 Å². The molecule has 0 radical (unpaired) electrons. The zero-order chi connectivity index (χ0) is 23.5. The fraction of sp³-hybridized carbons (Fsp3) is 0.192. The molecule has 33 heavy (non-hydrogen) atoms. The van der Waals surface area contributed by atoms with E-state index in [2.05, 4.69) is 29.2 Å². The van der Waals surface area contributed by atoms with Crippen molar-refractivity contribution in [3.8, 4) is 39.7 Å². The van der Waals surface area contributed by atoms with Crippen LogP contribution in [0.4, 0.5) is 0 Å². The number of ether oxygens (including phenoxy) is 2. The molecule has 0 spiro atoms. The summed E-state index contributed by atoms with van der Waals surface area (Å²) in [6.45, 7) is 4.23. The summed E-state index contributed by atoms with van der Waals surface area (Å²) in [7, 11) is 3.14. The third-order valence-electron chi connectivity index (χ3n) is 5.53. The number of aromatic nitrogens is 2. The third kappa shape index (κ3) is 4.36. The van der Waals surface area contributed by atoms with Gasteiger partial charge in [-0.3, -0.25) is 0 Å². The maximum atomic E-state index is 11.4. The highest BCUT2D eigenvalue weighted by Gasteiger charge is 2.19. The molecule has 0 fully saturated rings. The average molecular weight is 444 g/mol.